The monoisotopic (exact) mass is 495 g/mol. The summed E-state index contributed by atoms with van der Waals surface area (Å²) in [5.41, 5.74) is 3.36. The molecule has 0 saturated carbocycles. The van der Waals surface area contributed by atoms with Crippen LogP contribution in [0.1, 0.15) is 5.56 Å². The van der Waals surface area contributed by atoms with Gasteiger partial charge in [-0.05, 0) is 48.0 Å². The molecule has 0 saturated heterocycles. The van der Waals surface area contributed by atoms with E-state index in [1.165, 1.54) is 13.3 Å². The van der Waals surface area contributed by atoms with Crippen LogP contribution in [-0.2, 0) is 14.8 Å². The van der Waals surface area contributed by atoms with Crippen LogP contribution in [0.3, 0.4) is 0 Å². The zero-order chi connectivity index (χ0) is 22.1. The Morgan fingerprint density at radius 1 is 1.23 bits per heavy atom. The molecule has 0 aromatic heterocycles. The quantitative estimate of drug-likeness (QED) is 0.310. The number of halogens is 1. The third kappa shape index (κ3) is 6.89. The molecule has 0 unspecified atom stereocenters. The molecule has 0 spiro atoms. The van der Waals surface area contributed by atoms with Gasteiger partial charge in [0.25, 0.3) is 5.91 Å². The van der Waals surface area contributed by atoms with E-state index in [0.717, 1.165) is 15.0 Å². The van der Waals surface area contributed by atoms with Gasteiger partial charge < -0.3 is 9.47 Å². The van der Waals surface area contributed by atoms with Crippen molar-refractivity contribution in [2.45, 2.75) is 0 Å². The van der Waals surface area contributed by atoms with Crippen molar-refractivity contribution in [3.8, 4) is 11.5 Å². The summed E-state index contributed by atoms with van der Waals surface area (Å²) in [6.07, 6.45) is 4.08. The van der Waals surface area contributed by atoms with Crippen LogP contribution < -0.4 is 19.2 Å². The van der Waals surface area contributed by atoms with E-state index < -0.39 is 22.5 Å². The van der Waals surface area contributed by atoms with Gasteiger partial charge in [-0.2, -0.15) is 5.10 Å². The Bertz CT molecular complexity index is 1020. The molecule has 10 heteroatoms. The van der Waals surface area contributed by atoms with E-state index in [0.29, 0.717) is 29.4 Å². The van der Waals surface area contributed by atoms with Crippen LogP contribution in [0.4, 0.5) is 5.69 Å². The number of sulfonamides is 1. The first-order valence-corrected chi connectivity index (χ1v) is 11.4. The molecule has 0 fully saturated rings. The summed E-state index contributed by atoms with van der Waals surface area (Å²) in [4.78, 5) is 12.2. The fraction of sp³-hybridized carbons (Fsp3) is 0.200. The number of nitrogens with zero attached hydrogens (tertiary/aromatic N) is 2. The summed E-state index contributed by atoms with van der Waals surface area (Å²) in [5, 5.41) is 3.89. The molecular formula is C20H22BrN3O5S. The Morgan fingerprint density at radius 3 is 2.53 bits per heavy atom. The van der Waals surface area contributed by atoms with E-state index in [9.17, 15) is 13.2 Å². The van der Waals surface area contributed by atoms with Gasteiger partial charge in [0.15, 0.2) is 11.5 Å². The number of hydrogen-bond acceptors (Lipinski definition) is 6. The molecule has 0 aliphatic carbocycles. The smallest absolute Gasteiger partial charge is 0.260 e. The van der Waals surface area contributed by atoms with Crippen LogP contribution in [0.5, 0.6) is 11.5 Å². The van der Waals surface area contributed by atoms with Crippen molar-refractivity contribution in [3.05, 3.63) is 65.2 Å². The van der Waals surface area contributed by atoms with Crippen molar-refractivity contribution < 1.29 is 22.7 Å². The second-order valence-electron chi connectivity index (χ2n) is 6.05. The van der Waals surface area contributed by atoms with Crippen LogP contribution in [0, 0.1) is 0 Å². The van der Waals surface area contributed by atoms with Crippen molar-refractivity contribution in [2.75, 3.05) is 30.8 Å². The van der Waals surface area contributed by atoms with Crippen LogP contribution in [-0.4, -0.2) is 47.1 Å². The van der Waals surface area contributed by atoms with Gasteiger partial charge in [-0.1, -0.05) is 28.6 Å². The summed E-state index contributed by atoms with van der Waals surface area (Å²) in [6, 6.07) is 11.7. The molecule has 1 N–H and O–H groups in total. The number of hydrogen-bond donors (Lipinski definition) is 1. The summed E-state index contributed by atoms with van der Waals surface area (Å²) in [7, 11) is -2.14. The van der Waals surface area contributed by atoms with E-state index in [1.54, 1.807) is 48.5 Å². The highest BCUT2D eigenvalue weighted by molar-refractivity contribution is 9.10. The lowest BCUT2D eigenvalue weighted by Crippen LogP contribution is -2.39. The minimum absolute atomic E-state index is 0.342. The first kappa shape index (κ1) is 23.4. The lowest BCUT2D eigenvalue weighted by atomic mass is 10.2. The molecular weight excluding hydrogens is 474 g/mol. The van der Waals surface area contributed by atoms with Gasteiger partial charge in [0, 0.05) is 4.47 Å². The van der Waals surface area contributed by atoms with Crippen LogP contribution in [0.2, 0.25) is 0 Å². The summed E-state index contributed by atoms with van der Waals surface area (Å²) >= 11 is 3.29. The van der Waals surface area contributed by atoms with Gasteiger partial charge in [-0.3, -0.25) is 9.10 Å². The lowest BCUT2D eigenvalue weighted by Gasteiger charge is -2.21. The average molecular weight is 496 g/mol. The molecule has 2 rings (SSSR count). The summed E-state index contributed by atoms with van der Waals surface area (Å²) in [5.74, 6) is 0.472. The number of carbonyl (C=O) groups is 1. The van der Waals surface area contributed by atoms with Crippen LogP contribution in [0.15, 0.2) is 64.7 Å². The number of nitrogens with one attached hydrogen (secondary N) is 1. The first-order chi connectivity index (χ1) is 14.2. The van der Waals surface area contributed by atoms with Crippen molar-refractivity contribution in [1.82, 2.24) is 5.43 Å². The summed E-state index contributed by atoms with van der Waals surface area (Å²) < 4.78 is 36.7. The number of amides is 1. The number of anilines is 1. The normalized spacial score (nSPS) is 11.2. The second-order valence-corrected chi connectivity index (χ2v) is 8.87. The van der Waals surface area contributed by atoms with Gasteiger partial charge in [-0.15, -0.1) is 0 Å². The van der Waals surface area contributed by atoms with Gasteiger partial charge in [0.2, 0.25) is 10.0 Å². The number of methoxy groups -OCH3 is 1. The standard InChI is InChI=1S/C20H22BrN3O5S/c1-4-11-29-18-10-5-15(12-19(18)28-2)13-22-23-20(25)14-24(30(3,26)27)17-8-6-16(21)7-9-17/h4-10,12-13H,1,11,14H2,2-3H3,(H,23,25)/b22-13-. The lowest BCUT2D eigenvalue weighted by molar-refractivity contribution is -0.119. The Kier molecular flexibility index (Phi) is 8.43. The fourth-order valence-corrected chi connectivity index (χ4v) is 3.51. The third-order valence-corrected chi connectivity index (χ3v) is 5.42. The van der Waals surface area contributed by atoms with Gasteiger partial charge >= 0.3 is 0 Å². The van der Waals surface area contributed by atoms with Crippen LogP contribution in [0.25, 0.3) is 0 Å². The Balaban J connectivity index is 2.05. The molecule has 0 aliphatic rings. The molecule has 0 aliphatic heterocycles. The van der Waals surface area contributed by atoms with E-state index in [1.807, 2.05) is 0 Å². The number of ether oxygens (including phenoxy) is 2. The average Bonchev–Trinajstić information content (AvgIpc) is 2.71. The Morgan fingerprint density at radius 2 is 1.93 bits per heavy atom. The highest BCUT2D eigenvalue weighted by Gasteiger charge is 2.20. The van der Waals surface area contributed by atoms with Crippen molar-refractivity contribution in [3.63, 3.8) is 0 Å². The molecule has 8 nitrogen and oxygen atoms in total. The predicted octanol–water partition coefficient (Wildman–Crippen LogP) is 2.94. The highest BCUT2D eigenvalue weighted by atomic mass is 79.9. The maximum atomic E-state index is 12.2. The fourth-order valence-electron chi connectivity index (χ4n) is 2.38. The van der Waals surface area contributed by atoms with E-state index in [2.05, 4.69) is 33.0 Å². The Hall–Kier alpha value is -2.85. The number of hydrazone groups is 1. The highest BCUT2D eigenvalue weighted by Crippen LogP contribution is 2.27. The molecule has 1 amide bonds. The molecule has 2 aromatic rings. The molecule has 30 heavy (non-hydrogen) atoms. The minimum Gasteiger partial charge on any atom is -0.493 e. The molecule has 0 bridgehead atoms. The molecule has 2 aromatic carbocycles. The summed E-state index contributed by atoms with van der Waals surface area (Å²) in [6.45, 7) is 3.53. The van der Waals surface area contributed by atoms with Gasteiger partial charge in [0.05, 0.1) is 25.3 Å². The SMILES string of the molecule is C=CCOc1ccc(/C=N\NC(=O)CN(c2ccc(Br)cc2)S(C)(=O)=O)cc1OC. The van der Waals surface area contributed by atoms with Gasteiger partial charge in [-0.25, -0.2) is 13.8 Å². The molecule has 160 valence electrons. The first-order valence-electron chi connectivity index (χ1n) is 8.71. The van der Waals surface area contributed by atoms with E-state index in [4.69, 9.17) is 9.47 Å². The number of rotatable bonds is 10. The molecule has 0 atom stereocenters. The zero-order valence-electron chi connectivity index (χ0n) is 16.5. The molecule has 0 heterocycles. The number of benzene rings is 2. The maximum absolute atomic E-state index is 12.2. The zero-order valence-corrected chi connectivity index (χ0v) is 18.9. The number of carbonyl (C=O) groups excluding carboxylic acids is 1. The van der Waals surface area contributed by atoms with Crippen molar-refractivity contribution in [1.29, 1.82) is 0 Å². The predicted molar refractivity (Wildman–Crippen MR) is 121 cm³/mol. The van der Waals surface area contributed by atoms with Crippen LogP contribution >= 0.6 is 15.9 Å². The minimum atomic E-state index is -3.66. The van der Waals surface area contributed by atoms with Gasteiger partial charge in [0.1, 0.15) is 13.2 Å². The Labute approximate surface area is 184 Å². The molecule has 0 radical (unpaired) electrons. The largest absolute Gasteiger partial charge is 0.493 e. The second kappa shape index (κ2) is 10.8. The van der Waals surface area contributed by atoms with E-state index in [-0.39, 0.29) is 0 Å². The third-order valence-electron chi connectivity index (χ3n) is 3.75. The van der Waals surface area contributed by atoms with Crippen molar-refractivity contribution in [2.24, 2.45) is 5.10 Å². The van der Waals surface area contributed by atoms with E-state index >= 15 is 0 Å². The van der Waals surface area contributed by atoms with Crippen molar-refractivity contribution >= 4 is 43.8 Å². The maximum Gasteiger partial charge on any atom is 0.260 e. The topological polar surface area (TPSA) is 97.3 Å².